The number of nitrogen functional groups attached to an aromatic ring is 1. The van der Waals surface area contributed by atoms with Crippen molar-refractivity contribution in [2.45, 2.75) is 19.3 Å². The van der Waals surface area contributed by atoms with Crippen LogP contribution in [0.1, 0.15) is 18.2 Å². The molecule has 9 nitrogen and oxygen atoms in total. The molecule has 11 heteroatoms. The molecule has 2 aromatic carbocycles. The van der Waals surface area contributed by atoms with Crippen LogP contribution in [0.15, 0.2) is 58.3 Å². The molecule has 0 bridgehead atoms. The summed E-state index contributed by atoms with van der Waals surface area (Å²) in [5.74, 6) is 0.335. The van der Waals surface area contributed by atoms with Crippen LogP contribution >= 0.6 is 23.2 Å². The molecule has 0 saturated heterocycles. The lowest BCUT2D eigenvalue weighted by molar-refractivity contribution is 0.235. The molecule has 4 aromatic rings. The predicted molar refractivity (Wildman–Crippen MR) is 134 cm³/mol. The largest absolute Gasteiger partial charge is 0.500 e. The van der Waals surface area contributed by atoms with Gasteiger partial charge in [0, 0.05) is 5.39 Å². The van der Waals surface area contributed by atoms with E-state index in [1.807, 2.05) is 31.2 Å². The lowest BCUT2D eigenvalue weighted by atomic mass is 9.87. The first kappa shape index (κ1) is 22.9. The quantitative estimate of drug-likeness (QED) is 0.419. The first-order chi connectivity index (χ1) is 16.6. The molecule has 1 atom stereocenters. The van der Waals surface area contributed by atoms with E-state index >= 15 is 0 Å². The smallest absolute Gasteiger partial charge is 0.349 e. The Bertz CT molecular complexity index is 1620. The van der Waals surface area contributed by atoms with Gasteiger partial charge in [-0.2, -0.15) is 4.68 Å². The highest BCUT2D eigenvalue weighted by atomic mass is 35.5. The minimum atomic E-state index is -0.782. The summed E-state index contributed by atoms with van der Waals surface area (Å²) in [6.07, 6.45) is 3.71. The van der Waals surface area contributed by atoms with Gasteiger partial charge in [-0.15, -0.1) is 5.10 Å². The van der Waals surface area contributed by atoms with Crippen molar-refractivity contribution in [2.24, 2.45) is 0 Å². The molecule has 3 N–H and O–H groups in total. The molecule has 0 spiro atoms. The number of halogens is 2. The summed E-state index contributed by atoms with van der Waals surface area (Å²) in [6.45, 7) is 4.64. The van der Waals surface area contributed by atoms with Crippen LogP contribution in [0.5, 0.6) is 11.5 Å². The topological polar surface area (TPSA) is 125 Å². The number of nitrogens with one attached hydrogen (secondary N) is 1. The van der Waals surface area contributed by atoms with E-state index < -0.39 is 11.2 Å². The zero-order valence-electron chi connectivity index (χ0n) is 18.6. The number of hydrogen-bond acceptors (Lipinski definition) is 7. The summed E-state index contributed by atoms with van der Waals surface area (Å²) in [7, 11) is 0. The first-order valence-corrected chi connectivity index (χ1v) is 11.3. The molecule has 35 heavy (non-hydrogen) atoms. The van der Waals surface area contributed by atoms with Gasteiger partial charge in [0.05, 0.1) is 38.6 Å². The van der Waals surface area contributed by atoms with Gasteiger partial charge in [0.2, 0.25) is 5.82 Å². The van der Waals surface area contributed by atoms with Crippen molar-refractivity contribution < 1.29 is 9.47 Å². The Morgan fingerprint density at radius 2 is 1.91 bits per heavy atom. The number of H-pyrrole nitrogens is 1. The summed E-state index contributed by atoms with van der Waals surface area (Å²) >= 11 is 12.9. The van der Waals surface area contributed by atoms with Crippen molar-refractivity contribution >= 4 is 39.9 Å². The monoisotopic (exact) mass is 511 g/mol. The third kappa shape index (κ3) is 4.13. The third-order valence-corrected chi connectivity index (χ3v) is 6.35. The SMILES string of the molecule is Cc1cc(C2(C)C=COC2)nc2ccc(Oc3c(Cl)cc(-n4nc(N)c(=O)[nH]c4=O)cc3Cl)cc12. The van der Waals surface area contributed by atoms with Crippen LogP contribution in [0.4, 0.5) is 5.82 Å². The molecule has 178 valence electrons. The number of benzene rings is 2. The fraction of sp³-hybridized carbons (Fsp3) is 0.167. The summed E-state index contributed by atoms with van der Waals surface area (Å²) in [6, 6.07) is 10.4. The number of rotatable bonds is 4. The maximum atomic E-state index is 12.1. The van der Waals surface area contributed by atoms with Crippen LogP contribution in [-0.4, -0.2) is 26.4 Å². The van der Waals surface area contributed by atoms with Gasteiger partial charge in [-0.1, -0.05) is 23.2 Å². The van der Waals surface area contributed by atoms with Crippen molar-refractivity contribution in [3.05, 3.63) is 90.9 Å². The average Bonchev–Trinajstić information content (AvgIpc) is 3.26. The Morgan fingerprint density at radius 1 is 1.17 bits per heavy atom. The van der Waals surface area contributed by atoms with E-state index in [0.717, 1.165) is 26.8 Å². The molecule has 1 aliphatic heterocycles. The van der Waals surface area contributed by atoms with Crippen LogP contribution in [0, 0.1) is 6.92 Å². The molecule has 0 amide bonds. The number of ether oxygens (including phenoxy) is 2. The van der Waals surface area contributed by atoms with Crippen LogP contribution in [0.25, 0.3) is 16.6 Å². The first-order valence-electron chi connectivity index (χ1n) is 10.5. The van der Waals surface area contributed by atoms with E-state index in [1.54, 1.807) is 12.3 Å². The van der Waals surface area contributed by atoms with Gasteiger partial charge in [0.1, 0.15) is 12.4 Å². The molecular formula is C24H19Cl2N5O4. The fourth-order valence-corrected chi connectivity index (χ4v) is 4.38. The molecule has 3 heterocycles. The number of anilines is 1. The number of aromatic amines is 1. The highest BCUT2D eigenvalue weighted by Crippen LogP contribution is 2.39. The summed E-state index contributed by atoms with van der Waals surface area (Å²) in [5, 5.41) is 4.97. The number of nitrogens with zero attached hydrogens (tertiary/aromatic N) is 3. The number of aryl methyl sites for hydroxylation is 1. The van der Waals surface area contributed by atoms with Gasteiger partial charge in [-0.25, -0.2) is 4.79 Å². The Morgan fingerprint density at radius 3 is 2.60 bits per heavy atom. The molecule has 5 rings (SSSR count). The van der Waals surface area contributed by atoms with E-state index in [1.165, 1.54) is 12.1 Å². The summed E-state index contributed by atoms with van der Waals surface area (Å²) in [4.78, 5) is 30.5. The highest BCUT2D eigenvalue weighted by Gasteiger charge is 2.30. The van der Waals surface area contributed by atoms with Gasteiger partial charge in [-0.05, 0) is 61.9 Å². The lowest BCUT2D eigenvalue weighted by Crippen LogP contribution is -2.33. The number of aromatic nitrogens is 4. The molecule has 0 fully saturated rings. The maximum absolute atomic E-state index is 12.1. The van der Waals surface area contributed by atoms with Gasteiger partial charge in [0.25, 0.3) is 5.56 Å². The van der Waals surface area contributed by atoms with Gasteiger partial charge in [-0.3, -0.25) is 14.8 Å². The molecule has 0 saturated carbocycles. The highest BCUT2D eigenvalue weighted by molar-refractivity contribution is 6.37. The summed E-state index contributed by atoms with van der Waals surface area (Å²) in [5.41, 5.74) is 6.69. The zero-order chi connectivity index (χ0) is 24.9. The van der Waals surface area contributed by atoms with Crippen LogP contribution < -0.4 is 21.7 Å². The third-order valence-electron chi connectivity index (χ3n) is 5.79. The van der Waals surface area contributed by atoms with Crippen molar-refractivity contribution in [1.29, 1.82) is 0 Å². The van der Waals surface area contributed by atoms with Crippen molar-refractivity contribution in [3.63, 3.8) is 0 Å². The molecule has 0 radical (unpaired) electrons. The molecule has 0 aliphatic carbocycles. The maximum Gasteiger partial charge on any atom is 0.349 e. The van der Waals surface area contributed by atoms with Crippen LogP contribution in [-0.2, 0) is 10.2 Å². The molecular weight excluding hydrogens is 493 g/mol. The van der Waals surface area contributed by atoms with E-state index in [-0.39, 0.29) is 32.7 Å². The van der Waals surface area contributed by atoms with Gasteiger partial charge in [0.15, 0.2) is 5.75 Å². The number of fused-ring (bicyclic) bond motifs is 1. The molecule has 1 aliphatic rings. The second-order valence-corrected chi connectivity index (χ2v) is 9.25. The van der Waals surface area contributed by atoms with Gasteiger partial charge >= 0.3 is 5.69 Å². The van der Waals surface area contributed by atoms with Crippen molar-refractivity contribution in [1.82, 2.24) is 19.7 Å². The second kappa shape index (κ2) is 8.44. The van der Waals surface area contributed by atoms with Crippen LogP contribution in [0.2, 0.25) is 10.0 Å². The Kier molecular flexibility index (Phi) is 5.53. The lowest BCUT2D eigenvalue weighted by Gasteiger charge is -2.21. The number of nitrogens with two attached hydrogens (primary N) is 1. The zero-order valence-corrected chi connectivity index (χ0v) is 20.1. The summed E-state index contributed by atoms with van der Waals surface area (Å²) < 4.78 is 12.3. The Balaban J connectivity index is 1.49. The van der Waals surface area contributed by atoms with E-state index in [0.29, 0.717) is 12.4 Å². The van der Waals surface area contributed by atoms with Crippen molar-refractivity contribution in [2.75, 3.05) is 12.3 Å². The minimum absolute atomic E-state index is 0.136. The van der Waals surface area contributed by atoms with E-state index in [2.05, 4.69) is 17.0 Å². The van der Waals surface area contributed by atoms with E-state index in [9.17, 15) is 9.59 Å². The molecule has 2 aromatic heterocycles. The standard InChI is InChI=1S/C24H19Cl2N5O4/c1-12-7-19(24(2)5-6-34-11-24)28-18-4-3-14(10-15(12)18)35-20-16(25)8-13(9-17(20)26)31-23(33)29-22(32)21(27)30-31/h3-10H,11H2,1-2H3,(H2,27,30)(H,29,32,33). The molecule has 1 unspecified atom stereocenters. The van der Waals surface area contributed by atoms with Gasteiger partial charge < -0.3 is 15.2 Å². The van der Waals surface area contributed by atoms with E-state index in [4.69, 9.17) is 43.4 Å². The Hall–Kier alpha value is -3.82. The second-order valence-electron chi connectivity index (χ2n) is 8.43. The normalized spacial score (nSPS) is 17.0. The Labute approximate surface area is 208 Å². The fourth-order valence-electron chi connectivity index (χ4n) is 3.83. The number of pyridine rings is 1. The predicted octanol–water partition coefficient (Wildman–Crippen LogP) is 4.26. The van der Waals surface area contributed by atoms with Crippen molar-refractivity contribution in [3.8, 4) is 17.2 Å². The average molecular weight is 512 g/mol. The number of hydrogen-bond donors (Lipinski definition) is 2. The minimum Gasteiger partial charge on any atom is -0.500 e. The van der Waals surface area contributed by atoms with Crippen LogP contribution in [0.3, 0.4) is 0 Å².